The van der Waals surface area contributed by atoms with Crippen molar-refractivity contribution >= 4 is 5.91 Å². The first-order valence-electron chi connectivity index (χ1n) is 6.33. The van der Waals surface area contributed by atoms with Crippen LogP contribution in [0.15, 0.2) is 29.1 Å². The fourth-order valence-electron chi connectivity index (χ4n) is 2.05. The van der Waals surface area contributed by atoms with E-state index in [9.17, 15) is 4.79 Å². The van der Waals surface area contributed by atoms with E-state index in [-0.39, 0.29) is 17.9 Å². The maximum Gasteiger partial charge on any atom is 0.255 e. The standard InChI is InChI=1S/C14H19N3O2/c1-9(2)12(13-15-6-7-17(13)4)16-14(18)11-5-8-19-10(11)3/h5-9,12H,1-4H3,(H,16,18)/t12-/m0/s1. The summed E-state index contributed by atoms with van der Waals surface area (Å²) in [6, 6.07) is 1.56. The van der Waals surface area contributed by atoms with Crippen LogP contribution in [0.25, 0.3) is 0 Å². The van der Waals surface area contributed by atoms with Gasteiger partial charge in [-0.25, -0.2) is 4.98 Å². The van der Waals surface area contributed by atoms with Gasteiger partial charge >= 0.3 is 0 Å². The molecule has 0 radical (unpaired) electrons. The molecule has 1 N–H and O–H groups in total. The molecule has 0 saturated carbocycles. The van der Waals surface area contributed by atoms with E-state index in [1.807, 2.05) is 17.8 Å². The number of hydrogen-bond donors (Lipinski definition) is 1. The topological polar surface area (TPSA) is 60.1 Å². The minimum absolute atomic E-state index is 0.123. The number of carbonyl (C=O) groups is 1. The SMILES string of the molecule is Cc1occc1C(=O)N[C@H](c1nccn1C)C(C)C. The van der Waals surface area contributed by atoms with E-state index in [1.54, 1.807) is 19.2 Å². The van der Waals surface area contributed by atoms with E-state index in [4.69, 9.17) is 4.42 Å². The van der Waals surface area contributed by atoms with Gasteiger partial charge in [-0.1, -0.05) is 13.8 Å². The van der Waals surface area contributed by atoms with Crippen LogP contribution in [0.4, 0.5) is 0 Å². The van der Waals surface area contributed by atoms with E-state index < -0.39 is 0 Å². The molecular formula is C14H19N3O2. The Hall–Kier alpha value is -2.04. The van der Waals surface area contributed by atoms with Crippen LogP contribution in [-0.4, -0.2) is 15.5 Å². The average molecular weight is 261 g/mol. The summed E-state index contributed by atoms with van der Waals surface area (Å²) in [5.74, 6) is 1.59. The van der Waals surface area contributed by atoms with Gasteiger partial charge in [0.05, 0.1) is 17.9 Å². The van der Waals surface area contributed by atoms with Crippen molar-refractivity contribution in [1.82, 2.24) is 14.9 Å². The second-order valence-electron chi connectivity index (χ2n) is 4.98. The monoisotopic (exact) mass is 261 g/mol. The zero-order valence-corrected chi connectivity index (χ0v) is 11.7. The molecule has 0 saturated heterocycles. The molecule has 5 heteroatoms. The molecule has 0 aliphatic rings. The number of nitrogens with one attached hydrogen (secondary N) is 1. The van der Waals surface area contributed by atoms with E-state index in [0.29, 0.717) is 11.3 Å². The van der Waals surface area contributed by atoms with Crippen molar-refractivity contribution in [2.24, 2.45) is 13.0 Å². The lowest BCUT2D eigenvalue weighted by molar-refractivity contribution is 0.0921. The van der Waals surface area contributed by atoms with Crippen molar-refractivity contribution in [3.63, 3.8) is 0 Å². The maximum atomic E-state index is 12.2. The van der Waals surface area contributed by atoms with Gasteiger partial charge in [0.15, 0.2) is 0 Å². The molecule has 0 bridgehead atoms. The molecule has 19 heavy (non-hydrogen) atoms. The number of hydrogen-bond acceptors (Lipinski definition) is 3. The third-order valence-corrected chi connectivity index (χ3v) is 3.19. The maximum absolute atomic E-state index is 12.2. The Labute approximate surface area is 112 Å². The zero-order chi connectivity index (χ0) is 14.0. The van der Waals surface area contributed by atoms with Gasteiger partial charge in [-0.05, 0) is 18.9 Å². The predicted molar refractivity (Wildman–Crippen MR) is 71.7 cm³/mol. The van der Waals surface area contributed by atoms with E-state index in [2.05, 4.69) is 24.1 Å². The summed E-state index contributed by atoms with van der Waals surface area (Å²) in [6.45, 7) is 5.89. The molecule has 102 valence electrons. The zero-order valence-electron chi connectivity index (χ0n) is 11.7. The molecule has 5 nitrogen and oxygen atoms in total. The van der Waals surface area contributed by atoms with Crippen molar-refractivity contribution in [3.05, 3.63) is 41.9 Å². The number of aryl methyl sites for hydroxylation is 2. The van der Waals surface area contributed by atoms with Gasteiger partial charge in [-0.3, -0.25) is 4.79 Å². The second-order valence-corrected chi connectivity index (χ2v) is 4.98. The van der Waals surface area contributed by atoms with Crippen LogP contribution in [0.5, 0.6) is 0 Å². The lowest BCUT2D eigenvalue weighted by Gasteiger charge is -2.21. The second kappa shape index (κ2) is 5.30. The molecule has 2 rings (SSSR count). The van der Waals surface area contributed by atoms with Crippen LogP contribution in [0.1, 0.15) is 41.8 Å². The number of amides is 1. The summed E-state index contributed by atoms with van der Waals surface area (Å²) < 4.78 is 7.08. The highest BCUT2D eigenvalue weighted by Crippen LogP contribution is 2.21. The Bertz CT molecular complexity index is 569. The lowest BCUT2D eigenvalue weighted by Crippen LogP contribution is -2.33. The summed E-state index contributed by atoms with van der Waals surface area (Å²) >= 11 is 0. The first-order valence-corrected chi connectivity index (χ1v) is 6.33. The summed E-state index contributed by atoms with van der Waals surface area (Å²) in [5, 5.41) is 3.02. The quantitative estimate of drug-likeness (QED) is 0.919. The van der Waals surface area contributed by atoms with Crippen LogP contribution in [0, 0.1) is 12.8 Å². The Morgan fingerprint density at radius 2 is 2.21 bits per heavy atom. The average Bonchev–Trinajstić information content (AvgIpc) is 2.94. The van der Waals surface area contributed by atoms with Crippen LogP contribution in [0.3, 0.4) is 0 Å². The van der Waals surface area contributed by atoms with E-state index in [0.717, 1.165) is 5.82 Å². The molecule has 1 atom stereocenters. The van der Waals surface area contributed by atoms with Gasteiger partial charge in [0.2, 0.25) is 0 Å². The van der Waals surface area contributed by atoms with Gasteiger partial charge in [0, 0.05) is 19.4 Å². The Kier molecular flexibility index (Phi) is 3.74. The Morgan fingerprint density at radius 3 is 2.68 bits per heavy atom. The molecule has 2 aromatic heterocycles. The number of carbonyl (C=O) groups excluding carboxylic acids is 1. The van der Waals surface area contributed by atoms with Gasteiger partial charge in [0.25, 0.3) is 5.91 Å². The fraction of sp³-hybridized carbons (Fsp3) is 0.429. The van der Waals surface area contributed by atoms with Crippen LogP contribution >= 0.6 is 0 Å². The number of furan rings is 1. The van der Waals surface area contributed by atoms with Crippen LogP contribution < -0.4 is 5.32 Å². The third-order valence-electron chi connectivity index (χ3n) is 3.19. The van der Waals surface area contributed by atoms with Crippen molar-refractivity contribution in [1.29, 1.82) is 0 Å². The largest absolute Gasteiger partial charge is 0.469 e. The minimum atomic E-state index is -0.132. The number of imidazole rings is 1. The summed E-state index contributed by atoms with van der Waals surface area (Å²) in [6.07, 6.45) is 5.13. The van der Waals surface area contributed by atoms with Crippen LogP contribution in [0.2, 0.25) is 0 Å². The highest BCUT2D eigenvalue weighted by Gasteiger charge is 2.23. The van der Waals surface area contributed by atoms with Crippen molar-refractivity contribution in [3.8, 4) is 0 Å². The molecule has 0 aliphatic heterocycles. The third kappa shape index (κ3) is 2.70. The first kappa shape index (κ1) is 13.4. The van der Waals surface area contributed by atoms with Crippen molar-refractivity contribution in [2.75, 3.05) is 0 Å². The highest BCUT2D eigenvalue weighted by atomic mass is 16.3. The molecule has 0 fully saturated rings. The van der Waals surface area contributed by atoms with Gasteiger partial charge in [-0.2, -0.15) is 0 Å². The van der Waals surface area contributed by atoms with Crippen LogP contribution in [-0.2, 0) is 7.05 Å². The van der Waals surface area contributed by atoms with Gasteiger partial charge in [-0.15, -0.1) is 0 Å². The normalized spacial score (nSPS) is 12.7. The fourth-order valence-corrected chi connectivity index (χ4v) is 2.05. The first-order chi connectivity index (χ1) is 9.00. The molecule has 2 aromatic rings. The van der Waals surface area contributed by atoms with Gasteiger partial charge in [0.1, 0.15) is 11.6 Å². The number of nitrogens with zero attached hydrogens (tertiary/aromatic N) is 2. The lowest BCUT2D eigenvalue weighted by atomic mass is 10.0. The van der Waals surface area contributed by atoms with Gasteiger partial charge < -0.3 is 14.3 Å². The van der Waals surface area contributed by atoms with E-state index >= 15 is 0 Å². The predicted octanol–water partition coefficient (Wildman–Crippen LogP) is 2.45. The van der Waals surface area contributed by atoms with E-state index in [1.165, 1.54) is 6.26 Å². The molecular weight excluding hydrogens is 242 g/mol. The summed E-state index contributed by atoms with van der Waals surface area (Å²) in [5.41, 5.74) is 0.569. The number of aromatic nitrogens is 2. The minimum Gasteiger partial charge on any atom is -0.469 e. The number of rotatable bonds is 4. The molecule has 1 amide bonds. The summed E-state index contributed by atoms with van der Waals surface area (Å²) in [4.78, 5) is 16.6. The summed E-state index contributed by atoms with van der Waals surface area (Å²) in [7, 11) is 1.92. The van der Waals surface area contributed by atoms with Crippen molar-refractivity contribution in [2.45, 2.75) is 26.8 Å². The highest BCUT2D eigenvalue weighted by molar-refractivity contribution is 5.95. The smallest absolute Gasteiger partial charge is 0.255 e. The molecule has 0 aromatic carbocycles. The molecule has 2 heterocycles. The Morgan fingerprint density at radius 1 is 1.47 bits per heavy atom. The molecule has 0 spiro atoms. The Balaban J connectivity index is 2.21. The van der Waals surface area contributed by atoms with Crippen molar-refractivity contribution < 1.29 is 9.21 Å². The molecule has 0 unspecified atom stereocenters. The molecule has 0 aliphatic carbocycles.